The zero-order chi connectivity index (χ0) is 19.9. The van der Waals surface area contributed by atoms with E-state index in [0.717, 1.165) is 24.2 Å². The van der Waals surface area contributed by atoms with Gasteiger partial charge in [0.1, 0.15) is 12.4 Å². The summed E-state index contributed by atoms with van der Waals surface area (Å²) in [5.74, 6) is 0.293. The van der Waals surface area contributed by atoms with Crippen LogP contribution in [0, 0.1) is 0 Å². The van der Waals surface area contributed by atoms with Crippen molar-refractivity contribution in [2.75, 3.05) is 20.3 Å². The number of ether oxygens (including phenoxy) is 2. The standard InChI is InChI=1S/C21H23ClN2O4/c1-27-17-11-5-2-7-14(17)8-6-12-23-21(26)20-19(24-18(25)13-28-20)15-9-3-4-10-16(15)22/h2-5,7,9-11,19-20H,6,8,12-13H2,1H3,(H,23,26)(H,24,25)/t19-,20+/m1/s1. The Bertz CT molecular complexity index is 843. The minimum Gasteiger partial charge on any atom is -0.496 e. The zero-order valence-electron chi connectivity index (χ0n) is 15.6. The summed E-state index contributed by atoms with van der Waals surface area (Å²) in [7, 11) is 1.64. The summed E-state index contributed by atoms with van der Waals surface area (Å²) < 4.78 is 10.9. The minimum absolute atomic E-state index is 0.153. The number of morpholine rings is 1. The van der Waals surface area contributed by atoms with Crippen molar-refractivity contribution >= 4 is 23.4 Å². The summed E-state index contributed by atoms with van der Waals surface area (Å²) in [5.41, 5.74) is 1.75. The first kappa shape index (κ1) is 20.2. The molecule has 0 spiro atoms. The molecule has 3 rings (SSSR count). The summed E-state index contributed by atoms with van der Waals surface area (Å²) in [6, 6.07) is 14.3. The van der Waals surface area contributed by atoms with Crippen molar-refractivity contribution < 1.29 is 19.1 Å². The molecular weight excluding hydrogens is 380 g/mol. The number of rotatable bonds is 7. The predicted molar refractivity (Wildman–Crippen MR) is 106 cm³/mol. The Morgan fingerprint density at radius 1 is 1.25 bits per heavy atom. The van der Waals surface area contributed by atoms with Crippen molar-refractivity contribution in [3.63, 3.8) is 0 Å². The first-order chi connectivity index (χ1) is 13.6. The maximum Gasteiger partial charge on any atom is 0.251 e. The van der Waals surface area contributed by atoms with Crippen LogP contribution in [0.5, 0.6) is 5.75 Å². The van der Waals surface area contributed by atoms with E-state index in [1.54, 1.807) is 25.3 Å². The molecule has 0 unspecified atom stereocenters. The van der Waals surface area contributed by atoms with Crippen LogP contribution in [-0.2, 0) is 20.7 Å². The van der Waals surface area contributed by atoms with Crippen molar-refractivity contribution in [1.82, 2.24) is 10.6 Å². The largest absolute Gasteiger partial charge is 0.496 e. The number of carbonyl (C=O) groups is 2. The highest BCUT2D eigenvalue weighted by Gasteiger charge is 2.36. The summed E-state index contributed by atoms with van der Waals surface area (Å²) >= 11 is 6.25. The lowest BCUT2D eigenvalue weighted by atomic mass is 9.99. The van der Waals surface area contributed by atoms with E-state index in [9.17, 15) is 9.59 Å². The zero-order valence-corrected chi connectivity index (χ0v) is 16.4. The van der Waals surface area contributed by atoms with Gasteiger partial charge in [0.05, 0.1) is 13.2 Å². The number of methoxy groups -OCH3 is 1. The Hall–Kier alpha value is -2.57. The molecule has 1 heterocycles. The van der Waals surface area contributed by atoms with Gasteiger partial charge in [-0.05, 0) is 36.1 Å². The highest BCUT2D eigenvalue weighted by Crippen LogP contribution is 2.28. The van der Waals surface area contributed by atoms with E-state index in [0.29, 0.717) is 17.1 Å². The monoisotopic (exact) mass is 402 g/mol. The molecule has 0 aromatic heterocycles. The Labute approximate surface area is 169 Å². The predicted octanol–water partition coefficient (Wildman–Crippen LogP) is 2.65. The number of hydrogen-bond acceptors (Lipinski definition) is 4. The molecule has 1 aliphatic rings. The number of hydrogen-bond donors (Lipinski definition) is 2. The Morgan fingerprint density at radius 3 is 2.79 bits per heavy atom. The fourth-order valence-corrected chi connectivity index (χ4v) is 3.50. The molecule has 6 nitrogen and oxygen atoms in total. The van der Waals surface area contributed by atoms with Crippen LogP contribution in [0.15, 0.2) is 48.5 Å². The molecule has 148 valence electrons. The quantitative estimate of drug-likeness (QED) is 0.698. The molecule has 0 aliphatic carbocycles. The van der Waals surface area contributed by atoms with Gasteiger partial charge in [-0.1, -0.05) is 48.0 Å². The fraction of sp³-hybridized carbons (Fsp3) is 0.333. The summed E-state index contributed by atoms with van der Waals surface area (Å²) in [6.45, 7) is 0.334. The van der Waals surface area contributed by atoms with Gasteiger partial charge in [-0.15, -0.1) is 0 Å². The molecule has 1 fully saturated rings. The van der Waals surface area contributed by atoms with Gasteiger partial charge >= 0.3 is 0 Å². The molecule has 2 amide bonds. The third-order valence-corrected chi connectivity index (χ3v) is 4.97. The number of nitrogens with one attached hydrogen (secondary N) is 2. The van der Waals surface area contributed by atoms with E-state index in [-0.39, 0.29) is 18.4 Å². The average molecular weight is 403 g/mol. The topological polar surface area (TPSA) is 76.7 Å². The van der Waals surface area contributed by atoms with Crippen molar-refractivity contribution in [2.45, 2.75) is 25.0 Å². The molecular formula is C21H23ClN2O4. The first-order valence-electron chi connectivity index (χ1n) is 9.15. The van der Waals surface area contributed by atoms with Gasteiger partial charge in [-0.2, -0.15) is 0 Å². The molecule has 7 heteroatoms. The van der Waals surface area contributed by atoms with E-state index < -0.39 is 12.1 Å². The smallest absolute Gasteiger partial charge is 0.251 e. The third kappa shape index (κ3) is 4.82. The van der Waals surface area contributed by atoms with Crippen LogP contribution in [0.2, 0.25) is 5.02 Å². The number of aryl methyl sites for hydroxylation is 1. The van der Waals surface area contributed by atoms with Crippen molar-refractivity contribution in [3.05, 3.63) is 64.7 Å². The third-order valence-electron chi connectivity index (χ3n) is 4.63. The number of halogens is 1. The lowest BCUT2D eigenvalue weighted by Crippen LogP contribution is -2.52. The Balaban J connectivity index is 1.59. The summed E-state index contributed by atoms with van der Waals surface area (Å²) in [5, 5.41) is 6.18. The van der Waals surface area contributed by atoms with E-state index in [1.165, 1.54) is 0 Å². The maximum absolute atomic E-state index is 12.7. The van der Waals surface area contributed by atoms with Crippen LogP contribution in [0.25, 0.3) is 0 Å². The van der Waals surface area contributed by atoms with E-state index in [1.807, 2.05) is 30.3 Å². The van der Waals surface area contributed by atoms with Crippen LogP contribution < -0.4 is 15.4 Å². The number of para-hydroxylation sites is 1. The van der Waals surface area contributed by atoms with Crippen LogP contribution in [0.3, 0.4) is 0 Å². The molecule has 2 atom stereocenters. The van der Waals surface area contributed by atoms with Crippen molar-refractivity contribution in [1.29, 1.82) is 0 Å². The molecule has 2 N–H and O–H groups in total. The summed E-state index contributed by atoms with van der Waals surface area (Å²) in [6.07, 6.45) is 0.700. The lowest BCUT2D eigenvalue weighted by Gasteiger charge is -2.32. The van der Waals surface area contributed by atoms with E-state index in [2.05, 4.69) is 10.6 Å². The highest BCUT2D eigenvalue weighted by molar-refractivity contribution is 6.31. The Kier molecular flexibility index (Phi) is 6.90. The minimum atomic E-state index is -0.830. The fourth-order valence-electron chi connectivity index (χ4n) is 3.25. The number of carbonyl (C=O) groups excluding carboxylic acids is 2. The highest BCUT2D eigenvalue weighted by atomic mass is 35.5. The van der Waals surface area contributed by atoms with Crippen LogP contribution in [-0.4, -0.2) is 38.2 Å². The molecule has 28 heavy (non-hydrogen) atoms. The SMILES string of the molecule is COc1ccccc1CCCNC(=O)[C@H]1OCC(=O)N[C@@H]1c1ccccc1Cl. The van der Waals surface area contributed by atoms with E-state index in [4.69, 9.17) is 21.1 Å². The molecule has 1 aliphatic heterocycles. The molecule has 2 aromatic rings. The summed E-state index contributed by atoms with van der Waals surface area (Å²) in [4.78, 5) is 24.5. The Morgan fingerprint density at radius 2 is 2.00 bits per heavy atom. The lowest BCUT2D eigenvalue weighted by molar-refractivity contribution is -0.148. The second-order valence-electron chi connectivity index (χ2n) is 6.50. The maximum atomic E-state index is 12.7. The molecule has 0 radical (unpaired) electrons. The second-order valence-corrected chi connectivity index (χ2v) is 6.91. The van der Waals surface area contributed by atoms with Gasteiger partial charge in [0.25, 0.3) is 5.91 Å². The van der Waals surface area contributed by atoms with Gasteiger partial charge < -0.3 is 20.1 Å². The van der Waals surface area contributed by atoms with Gasteiger partial charge in [0.2, 0.25) is 5.91 Å². The van der Waals surface area contributed by atoms with Crippen LogP contribution in [0.4, 0.5) is 0 Å². The molecule has 2 aromatic carbocycles. The van der Waals surface area contributed by atoms with Crippen LogP contribution >= 0.6 is 11.6 Å². The van der Waals surface area contributed by atoms with Gasteiger partial charge in [0, 0.05) is 11.6 Å². The number of amides is 2. The number of benzene rings is 2. The van der Waals surface area contributed by atoms with Gasteiger partial charge in [-0.3, -0.25) is 9.59 Å². The normalized spacial score (nSPS) is 19.0. The van der Waals surface area contributed by atoms with Gasteiger partial charge in [-0.25, -0.2) is 0 Å². The first-order valence-corrected chi connectivity index (χ1v) is 9.53. The molecule has 0 bridgehead atoms. The van der Waals surface area contributed by atoms with Gasteiger partial charge in [0.15, 0.2) is 6.10 Å². The molecule has 1 saturated heterocycles. The molecule has 0 saturated carbocycles. The second kappa shape index (κ2) is 9.57. The average Bonchev–Trinajstić information content (AvgIpc) is 2.71. The van der Waals surface area contributed by atoms with Crippen LogP contribution in [0.1, 0.15) is 23.6 Å². The van der Waals surface area contributed by atoms with E-state index >= 15 is 0 Å². The van der Waals surface area contributed by atoms with Crippen molar-refractivity contribution in [3.8, 4) is 5.75 Å². The van der Waals surface area contributed by atoms with Crippen molar-refractivity contribution in [2.24, 2.45) is 0 Å².